The minimum Gasteiger partial charge on any atom is -0.495 e. The summed E-state index contributed by atoms with van der Waals surface area (Å²) in [4.78, 5) is 25.3. The molecular formula is C24H29N5O2. The molecule has 1 atom stereocenters. The number of benzene rings is 1. The molecule has 0 radical (unpaired) electrons. The Labute approximate surface area is 183 Å². The first-order chi connectivity index (χ1) is 15.1. The van der Waals surface area contributed by atoms with Crippen molar-refractivity contribution in [3.63, 3.8) is 0 Å². The maximum absolute atomic E-state index is 11.9. The standard InChI is InChI=1S/C24H29N5O2/c1-4-7-19(18-9-6-13-25-16-18)27-22-12-14-26-24(29-22)17-10-11-20(21(15-17)31-3)28-23(30)8-5-2/h6,9-16,19H,4-5,7-8H2,1-3H3,(H,28,30)(H,26,27,29)/t19-/m0/s1. The first kappa shape index (κ1) is 22.2. The monoisotopic (exact) mass is 419 g/mol. The van der Waals surface area contributed by atoms with Gasteiger partial charge < -0.3 is 15.4 Å². The first-order valence-corrected chi connectivity index (χ1v) is 10.6. The molecule has 2 N–H and O–H groups in total. The summed E-state index contributed by atoms with van der Waals surface area (Å²) in [6.07, 6.45) is 8.65. The zero-order valence-corrected chi connectivity index (χ0v) is 18.3. The highest BCUT2D eigenvalue weighted by molar-refractivity contribution is 5.92. The number of hydrogen-bond donors (Lipinski definition) is 2. The summed E-state index contributed by atoms with van der Waals surface area (Å²) in [5.41, 5.74) is 2.57. The Morgan fingerprint density at radius 3 is 2.71 bits per heavy atom. The van der Waals surface area contributed by atoms with Crippen molar-refractivity contribution in [1.29, 1.82) is 0 Å². The molecular weight excluding hydrogens is 390 g/mol. The van der Waals surface area contributed by atoms with Crippen LogP contribution in [0.3, 0.4) is 0 Å². The number of carbonyl (C=O) groups is 1. The van der Waals surface area contributed by atoms with E-state index in [0.717, 1.165) is 36.2 Å². The van der Waals surface area contributed by atoms with Crippen molar-refractivity contribution in [2.75, 3.05) is 17.7 Å². The van der Waals surface area contributed by atoms with Crippen LogP contribution in [0.1, 0.15) is 51.1 Å². The van der Waals surface area contributed by atoms with Crippen molar-refractivity contribution in [2.45, 2.75) is 45.6 Å². The van der Waals surface area contributed by atoms with Gasteiger partial charge in [0.2, 0.25) is 5.91 Å². The molecule has 2 heterocycles. The van der Waals surface area contributed by atoms with Crippen molar-refractivity contribution < 1.29 is 9.53 Å². The van der Waals surface area contributed by atoms with E-state index in [4.69, 9.17) is 9.72 Å². The summed E-state index contributed by atoms with van der Waals surface area (Å²) in [7, 11) is 1.58. The fourth-order valence-corrected chi connectivity index (χ4v) is 3.32. The highest BCUT2D eigenvalue weighted by Crippen LogP contribution is 2.30. The van der Waals surface area contributed by atoms with E-state index < -0.39 is 0 Å². The second-order valence-corrected chi connectivity index (χ2v) is 7.25. The predicted octanol–water partition coefficient (Wildman–Crippen LogP) is 5.24. The van der Waals surface area contributed by atoms with E-state index in [1.54, 1.807) is 19.5 Å². The number of carbonyl (C=O) groups excluding carboxylic acids is 1. The summed E-state index contributed by atoms with van der Waals surface area (Å²) in [6.45, 7) is 4.13. The van der Waals surface area contributed by atoms with E-state index in [-0.39, 0.29) is 11.9 Å². The number of anilines is 2. The van der Waals surface area contributed by atoms with E-state index in [1.165, 1.54) is 0 Å². The molecule has 0 bridgehead atoms. The van der Waals surface area contributed by atoms with E-state index in [1.807, 2.05) is 43.5 Å². The number of hydrogen-bond acceptors (Lipinski definition) is 6. The molecule has 1 amide bonds. The van der Waals surface area contributed by atoms with Crippen molar-refractivity contribution in [2.24, 2.45) is 0 Å². The maximum Gasteiger partial charge on any atom is 0.224 e. The van der Waals surface area contributed by atoms with Crippen LogP contribution < -0.4 is 15.4 Å². The molecule has 0 saturated carbocycles. The number of pyridine rings is 1. The van der Waals surface area contributed by atoms with Crippen molar-refractivity contribution in [3.8, 4) is 17.1 Å². The van der Waals surface area contributed by atoms with Crippen molar-refractivity contribution in [3.05, 3.63) is 60.6 Å². The Bertz CT molecular complexity index is 994. The van der Waals surface area contributed by atoms with Crippen LogP contribution in [-0.4, -0.2) is 28.0 Å². The number of ether oxygens (including phenoxy) is 1. The number of amides is 1. The van der Waals surface area contributed by atoms with Crippen molar-refractivity contribution >= 4 is 17.4 Å². The summed E-state index contributed by atoms with van der Waals surface area (Å²) >= 11 is 0. The highest BCUT2D eigenvalue weighted by Gasteiger charge is 2.14. The van der Waals surface area contributed by atoms with Gasteiger partial charge in [-0.05, 0) is 48.7 Å². The summed E-state index contributed by atoms with van der Waals surface area (Å²) < 4.78 is 5.48. The molecule has 0 spiro atoms. The minimum absolute atomic E-state index is 0.0339. The molecule has 162 valence electrons. The Hall–Kier alpha value is -3.48. The van der Waals surface area contributed by atoms with Gasteiger partial charge in [-0.15, -0.1) is 0 Å². The Balaban J connectivity index is 1.82. The number of nitrogens with one attached hydrogen (secondary N) is 2. The smallest absolute Gasteiger partial charge is 0.224 e. The minimum atomic E-state index is -0.0339. The summed E-state index contributed by atoms with van der Waals surface area (Å²) in [5, 5.41) is 6.39. The Morgan fingerprint density at radius 1 is 1.13 bits per heavy atom. The molecule has 7 nitrogen and oxygen atoms in total. The zero-order valence-electron chi connectivity index (χ0n) is 18.3. The van der Waals surface area contributed by atoms with Crippen LogP contribution in [0.2, 0.25) is 0 Å². The van der Waals surface area contributed by atoms with Crippen LogP contribution in [0.15, 0.2) is 55.0 Å². The molecule has 0 fully saturated rings. The Morgan fingerprint density at radius 2 is 2.00 bits per heavy atom. The normalized spacial score (nSPS) is 11.6. The van der Waals surface area contributed by atoms with Gasteiger partial charge in [0.05, 0.1) is 18.8 Å². The molecule has 2 aromatic heterocycles. The van der Waals surface area contributed by atoms with Gasteiger partial charge in [0, 0.05) is 30.6 Å². The SMILES string of the molecule is CCCC(=O)Nc1ccc(-c2nccc(N[C@@H](CCC)c3cccnc3)n2)cc1OC. The molecule has 0 saturated heterocycles. The lowest BCUT2D eigenvalue weighted by Crippen LogP contribution is -2.12. The van der Waals surface area contributed by atoms with E-state index >= 15 is 0 Å². The van der Waals surface area contributed by atoms with Gasteiger partial charge in [0.1, 0.15) is 11.6 Å². The lowest BCUT2D eigenvalue weighted by atomic mass is 10.0. The van der Waals surface area contributed by atoms with Gasteiger partial charge in [0.15, 0.2) is 5.82 Å². The molecule has 0 aliphatic heterocycles. The molecule has 3 rings (SSSR count). The molecule has 31 heavy (non-hydrogen) atoms. The van der Waals surface area contributed by atoms with Gasteiger partial charge in [-0.1, -0.05) is 26.3 Å². The highest BCUT2D eigenvalue weighted by atomic mass is 16.5. The second-order valence-electron chi connectivity index (χ2n) is 7.25. The maximum atomic E-state index is 11.9. The zero-order chi connectivity index (χ0) is 22.1. The lowest BCUT2D eigenvalue weighted by molar-refractivity contribution is -0.116. The summed E-state index contributed by atoms with van der Waals surface area (Å²) in [6, 6.07) is 11.5. The molecule has 7 heteroatoms. The van der Waals surface area contributed by atoms with Crippen molar-refractivity contribution in [1.82, 2.24) is 15.0 Å². The fraction of sp³-hybridized carbons (Fsp3) is 0.333. The van der Waals surface area contributed by atoms with Crippen LogP contribution >= 0.6 is 0 Å². The average Bonchev–Trinajstić information content (AvgIpc) is 2.80. The number of methoxy groups -OCH3 is 1. The van der Waals surface area contributed by atoms with Gasteiger partial charge in [-0.25, -0.2) is 9.97 Å². The fourth-order valence-electron chi connectivity index (χ4n) is 3.32. The molecule has 0 unspecified atom stereocenters. The van der Waals surface area contributed by atoms with Gasteiger partial charge in [-0.3, -0.25) is 9.78 Å². The predicted molar refractivity (Wildman–Crippen MR) is 123 cm³/mol. The van der Waals surface area contributed by atoms with Gasteiger partial charge in [-0.2, -0.15) is 0 Å². The van der Waals surface area contributed by atoms with Crippen LogP contribution in [0.25, 0.3) is 11.4 Å². The third kappa shape index (κ3) is 6.01. The first-order valence-electron chi connectivity index (χ1n) is 10.6. The molecule has 1 aromatic carbocycles. The molecule has 3 aromatic rings. The molecule has 0 aliphatic rings. The quantitative estimate of drug-likeness (QED) is 0.467. The van der Waals surface area contributed by atoms with Gasteiger partial charge >= 0.3 is 0 Å². The number of aromatic nitrogens is 3. The van der Waals surface area contributed by atoms with Gasteiger partial charge in [0.25, 0.3) is 0 Å². The Kier molecular flexibility index (Phi) is 7.92. The number of rotatable bonds is 10. The van der Waals surface area contributed by atoms with Crippen LogP contribution in [-0.2, 0) is 4.79 Å². The molecule has 0 aliphatic carbocycles. The van der Waals surface area contributed by atoms with Crippen LogP contribution in [0, 0.1) is 0 Å². The second kappa shape index (κ2) is 11.1. The van der Waals surface area contributed by atoms with E-state index in [9.17, 15) is 4.79 Å². The van der Waals surface area contributed by atoms with E-state index in [2.05, 4.69) is 33.6 Å². The third-order valence-electron chi connectivity index (χ3n) is 4.85. The summed E-state index contributed by atoms with van der Waals surface area (Å²) in [5.74, 6) is 1.86. The third-order valence-corrected chi connectivity index (χ3v) is 4.85. The van der Waals surface area contributed by atoms with Crippen LogP contribution in [0.5, 0.6) is 5.75 Å². The largest absolute Gasteiger partial charge is 0.495 e. The lowest BCUT2D eigenvalue weighted by Gasteiger charge is -2.19. The van der Waals surface area contributed by atoms with Crippen LogP contribution in [0.4, 0.5) is 11.5 Å². The van der Waals surface area contributed by atoms with E-state index in [0.29, 0.717) is 23.7 Å². The average molecular weight is 420 g/mol. The number of nitrogens with zero attached hydrogens (tertiary/aromatic N) is 3. The topological polar surface area (TPSA) is 89.0 Å².